The van der Waals surface area contributed by atoms with Crippen LogP contribution in [0.5, 0.6) is 0 Å². The molecule has 1 aliphatic rings. The lowest BCUT2D eigenvalue weighted by molar-refractivity contribution is -0.129. The number of hydrogen-bond acceptors (Lipinski definition) is 3. The minimum Gasteiger partial charge on any atom is -0.385 e. The van der Waals surface area contributed by atoms with Crippen molar-refractivity contribution in [2.45, 2.75) is 37.8 Å². The van der Waals surface area contributed by atoms with Crippen molar-refractivity contribution in [3.8, 4) is 0 Å². The summed E-state index contributed by atoms with van der Waals surface area (Å²) in [6.07, 6.45) is 0.668. The number of halogens is 2. The van der Waals surface area contributed by atoms with Gasteiger partial charge in [-0.25, -0.2) is 0 Å². The van der Waals surface area contributed by atoms with E-state index in [1.54, 1.807) is 12.1 Å². The van der Waals surface area contributed by atoms with E-state index in [0.717, 1.165) is 5.56 Å². The Morgan fingerprint density at radius 2 is 2.16 bits per heavy atom. The Morgan fingerprint density at radius 1 is 1.53 bits per heavy atom. The number of nitrogens with two attached hydrogens (primary N) is 1. The van der Waals surface area contributed by atoms with E-state index in [1.807, 2.05) is 13.0 Å². The fourth-order valence-electron chi connectivity index (χ4n) is 2.18. The zero-order valence-electron chi connectivity index (χ0n) is 10.7. The molecule has 3 unspecified atom stereocenters. The highest BCUT2D eigenvalue weighted by atomic mass is 35.5. The number of carbonyl (C=O) groups is 1. The van der Waals surface area contributed by atoms with Gasteiger partial charge in [-0.3, -0.25) is 4.79 Å². The van der Waals surface area contributed by atoms with Gasteiger partial charge in [-0.2, -0.15) is 0 Å². The molecule has 0 radical (unpaired) electrons. The molecule has 104 valence electrons. The monoisotopic (exact) mass is 301 g/mol. The van der Waals surface area contributed by atoms with Crippen molar-refractivity contribution in [3.63, 3.8) is 0 Å². The zero-order valence-corrected chi connectivity index (χ0v) is 12.2. The van der Waals surface area contributed by atoms with E-state index in [1.165, 1.54) is 0 Å². The minimum absolute atomic E-state index is 0.148. The van der Waals surface area contributed by atoms with Crippen LogP contribution in [0.2, 0.25) is 10.0 Å². The third-order valence-electron chi connectivity index (χ3n) is 3.64. The quantitative estimate of drug-likeness (QED) is 0.878. The van der Waals surface area contributed by atoms with Crippen molar-refractivity contribution >= 4 is 29.0 Å². The molecule has 1 saturated carbocycles. The van der Waals surface area contributed by atoms with Crippen LogP contribution < -0.4 is 5.73 Å². The average molecular weight is 302 g/mol. The molecule has 5 heteroatoms. The van der Waals surface area contributed by atoms with E-state index in [2.05, 4.69) is 0 Å². The van der Waals surface area contributed by atoms with Crippen molar-refractivity contribution in [2.24, 2.45) is 11.7 Å². The maximum absolute atomic E-state index is 11.9. The standard InChI is InChI=1S/C14H17Cl2NO2/c1-14(17)7-9(14)13(19)12(18)5-3-8-2-4-10(15)11(16)6-8/h2,4,6,9,12,18H,3,5,7,17H2,1H3. The number of carbonyl (C=O) groups excluding carboxylic acids is 1. The smallest absolute Gasteiger partial charge is 0.166 e. The molecule has 3 N–H and O–H groups in total. The number of aryl methyl sites for hydroxylation is 1. The molecule has 0 amide bonds. The molecule has 2 rings (SSSR count). The summed E-state index contributed by atoms with van der Waals surface area (Å²) in [5.41, 5.74) is 6.35. The van der Waals surface area contributed by atoms with Gasteiger partial charge in [0.25, 0.3) is 0 Å². The molecule has 1 aromatic carbocycles. The second-order valence-electron chi connectivity index (χ2n) is 5.47. The molecule has 1 aliphatic carbocycles. The largest absolute Gasteiger partial charge is 0.385 e. The van der Waals surface area contributed by atoms with Gasteiger partial charge in [-0.1, -0.05) is 29.3 Å². The average Bonchev–Trinajstić information content (AvgIpc) is 2.98. The third kappa shape index (κ3) is 3.48. The lowest BCUT2D eigenvalue weighted by Crippen LogP contribution is -2.30. The second-order valence-corrected chi connectivity index (χ2v) is 6.28. The first-order chi connectivity index (χ1) is 8.81. The summed E-state index contributed by atoms with van der Waals surface area (Å²) < 4.78 is 0. The normalized spacial score (nSPS) is 27.1. The predicted molar refractivity (Wildman–Crippen MR) is 76.5 cm³/mol. The molecular formula is C14H17Cl2NO2. The number of rotatable bonds is 5. The van der Waals surface area contributed by atoms with Crippen molar-refractivity contribution < 1.29 is 9.90 Å². The molecule has 0 heterocycles. The van der Waals surface area contributed by atoms with Crippen LogP contribution in [0.25, 0.3) is 0 Å². The highest BCUT2D eigenvalue weighted by molar-refractivity contribution is 6.42. The van der Waals surface area contributed by atoms with E-state index in [9.17, 15) is 9.90 Å². The number of Topliss-reactive ketones (excluding diaryl/α,β-unsaturated/α-hetero) is 1. The van der Waals surface area contributed by atoms with E-state index < -0.39 is 11.6 Å². The van der Waals surface area contributed by atoms with Gasteiger partial charge in [0.15, 0.2) is 5.78 Å². The van der Waals surface area contributed by atoms with Crippen LogP contribution in [0.1, 0.15) is 25.3 Å². The van der Waals surface area contributed by atoms with E-state index >= 15 is 0 Å². The third-order valence-corrected chi connectivity index (χ3v) is 4.38. The zero-order chi connectivity index (χ0) is 14.2. The SMILES string of the molecule is CC1(N)CC1C(=O)C(O)CCc1ccc(Cl)c(Cl)c1. The van der Waals surface area contributed by atoms with Crippen LogP contribution in [0.4, 0.5) is 0 Å². The van der Waals surface area contributed by atoms with Crippen molar-refractivity contribution in [3.05, 3.63) is 33.8 Å². The van der Waals surface area contributed by atoms with Crippen LogP contribution in [-0.4, -0.2) is 22.5 Å². The Bertz CT molecular complexity index is 502. The minimum atomic E-state index is -0.954. The number of hydrogen-bond donors (Lipinski definition) is 2. The van der Waals surface area contributed by atoms with Crippen LogP contribution in [-0.2, 0) is 11.2 Å². The Labute approximate surface area is 122 Å². The fraction of sp³-hybridized carbons (Fsp3) is 0.500. The molecule has 0 bridgehead atoms. The number of aliphatic hydroxyl groups is 1. The molecule has 0 saturated heterocycles. The lowest BCUT2D eigenvalue weighted by Gasteiger charge is -2.11. The Hall–Kier alpha value is -0.610. The molecule has 0 aliphatic heterocycles. The Balaban J connectivity index is 1.88. The molecule has 3 atom stereocenters. The Kier molecular flexibility index (Phi) is 4.21. The summed E-state index contributed by atoms with van der Waals surface area (Å²) in [4.78, 5) is 11.9. The van der Waals surface area contributed by atoms with Crippen LogP contribution in [0, 0.1) is 5.92 Å². The summed E-state index contributed by atoms with van der Waals surface area (Å²) in [6, 6.07) is 5.31. The van der Waals surface area contributed by atoms with Crippen LogP contribution in [0.15, 0.2) is 18.2 Å². The highest BCUT2D eigenvalue weighted by Gasteiger charge is 2.52. The van der Waals surface area contributed by atoms with Gasteiger partial charge in [0.1, 0.15) is 6.10 Å². The maximum atomic E-state index is 11.9. The van der Waals surface area contributed by atoms with Crippen molar-refractivity contribution in [1.82, 2.24) is 0 Å². The summed E-state index contributed by atoms with van der Waals surface area (Å²) in [6.45, 7) is 1.83. The molecule has 1 aromatic rings. The number of aliphatic hydroxyl groups excluding tert-OH is 1. The predicted octanol–water partition coefficient (Wildman–Crippen LogP) is 2.59. The number of benzene rings is 1. The molecular weight excluding hydrogens is 285 g/mol. The lowest BCUT2D eigenvalue weighted by atomic mass is 10.0. The van der Waals surface area contributed by atoms with Gasteiger partial charge >= 0.3 is 0 Å². The summed E-state index contributed by atoms with van der Waals surface area (Å²) >= 11 is 11.7. The van der Waals surface area contributed by atoms with Crippen molar-refractivity contribution in [1.29, 1.82) is 0 Å². The fourth-order valence-corrected chi connectivity index (χ4v) is 2.50. The van der Waals surface area contributed by atoms with Gasteiger partial charge in [-0.05, 0) is 43.9 Å². The number of ketones is 1. The molecule has 19 heavy (non-hydrogen) atoms. The topological polar surface area (TPSA) is 63.3 Å². The summed E-state index contributed by atoms with van der Waals surface area (Å²) in [7, 11) is 0. The van der Waals surface area contributed by atoms with E-state index in [0.29, 0.717) is 29.3 Å². The van der Waals surface area contributed by atoms with Gasteiger partial charge in [0.2, 0.25) is 0 Å². The summed E-state index contributed by atoms with van der Waals surface area (Å²) in [5, 5.41) is 10.9. The summed E-state index contributed by atoms with van der Waals surface area (Å²) in [5.74, 6) is -0.346. The van der Waals surface area contributed by atoms with Crippen LogP contribution >= 0.6 is 23.2 Å². The Morgan fingerprint density at radius 3 is 2.68 bits per heavy atom. The van der Waals surface area contributed by atoms with Gasteiger partial charge < -0.3 is 10.8 Å². The van der Waals surface area contributed by atoms with Gasteiger partial charge in [0, 0.05) is 11.5 Å². The van der Waals surface area contributed by atoms with Crippen molar-refractivity contribution in [2.75, 3.05) is 0 Å². The molecule has 0 aromatic heterocycles. The van der Waals surface area contributed by atoms with Crippen LogP contribution in [0.3, 0.4) is 0 Å². The molecule has 0 spiro atoms. The van der Waals surface area contributed by atoms with E-state index in [-0.39, 0.29) is 11.7 Å². The van der Waals surface area contributed by atoms with E-state index in [4.69, 9.17) is 28.9 Å². The molecule has 1 fully saturated rings. The second kappa shape index (κ2) is 5.41. The molecule has 3 nitrogen and oxygen atoms in total. The first-order valence-corrected chi connectivity index (χ1v) is 7.01. The van der Waals surface area contributed by atoms with Gasteiger partial charge in [-0.15, -0.1) is 0 Å². The van der Waals surface area contributed by atoms with Gasteiger partial charge in [0.05, 0.1) is 10.0 Å². The highest BCUT2D eigenvalue weighted by Crippen LogP contribution is 2.42. The first kappa shape index (κ1) is 14.8. The first-order valence-electron chi connectivity index (χ1n) is 6.26. The maximum Gasteiger partial charge on any atom is 0.166 e.